The number of carbonyl (C=O) groups is 1. The lowest BCUT2D eigenvalue weighted by molar-refractivity contribution is -0.685. The van der Waals surface area contributed by atoms with Gasteiger partial charge in [-0.25, -0.2) is 4.57 Å². The Balaban J connectivity index is 2.27. The highest BCUT2D eigenvalue weighted by atomic mass is 16.1. The number of para-hydroxylation sites is 1. The molecule has 3 aromatic rings. The van der Waals surface area contributed by atoms with E-state index in [1.54, 1.807) is 0 Å². The number of carbonyl (C=O) groups excluding carboxylic acids is 1. The van der Waals surface area contributed by atoms with Crippen LogP contribution in [0.3, 0.4) is 0 Å². The lowest BCUT2D eigenvalue weighted by atomic mass is 9.75. The summed E-state index contributed by atoms with van der Waals surface area (Å²) >= 11 is 0. The van der Waals surface area contributed by atoms with Crippen LogP contribution in [-0.2, 0) is 26.9 Å². The van der Waals surface area contributed by atoms with Crippen LogP contribution >= 0.6 is 0 Å². The molecule has 124 valence electrons. The number of pyridine rings is 1. The van der Waals surface area contributed by atoms with Crippen molar-refractivity contribution >= 4 is 27.6 Å². The second-order valence-corrected chi connectivity index (χ2v) is 7.92. The summed E-state index contributed by atoms with van der Waals surface area (Å²) in [5, 5.41) is 2.51. The van der Waals surface area contributed by atoms with Gasteiger partial charge in [0.1, 0.15) is 12.6 Å². The number of aromatic nitrogens is 2. The molecule has 0 radical (unpaired) electrons. The Labute approximate surface area is 142 Å². The lowest BCUT2D eigenvalue weighted by Gasteiger charge is -2.29. The number of aryl methyl sites for hydroxylation is 2. The van der Waals surface area contributed by atoms with E-state index in [0.717, 1.165) is 23.9 Å². The lowest BCUT2D eigenvalue weighted by Crippen LogP contribution is -2.45. The van der Waals surface area contributed by atoms with Crippen LogP contribution < -0.4 is 4.57 Å². The number of Topliss-reactive ketones (excluding diaryl/α,β-unsaturated/α-hetero) is 1. The van der Waals surface area contributed by atoms with Gasteiger partial charge in [-0.15, -0.1) is 0 Å². The quantitative estimate of drug-likeness (QED) is 0.625. The molecular weight excluding hydrogens is 296 g/mol. The van der Waals surface area contributed by atoms with E-state index in [0.29, 0.717) is 6.42 Å². The number of fused-ring (bicyclic) bond motifs is 5. The molecule has 1 aliphatic rings. The SMILES string of the molecule is CCc1c2c3ccccc3n(C)c2c2c([n+]1C)CC(C)(C)CC2=O. The summed E-state index contributed by atoms with van der Waals surface area (Å²) < 4.78 is 4.52. The molecule has 0 atom stereocenters. The average Bonchev–Trinajstić information content (AvgIpc) is 2.81. The summed E-state index contributed by atoms with van der Waals surface area (Å²) in [6.45, 7) is 6.61. The number of nitrogens with zero attached hydrogens (tertiary/aromatic N) is 2. The summed E-state index contributed by atoms with van der Waals surface area (Å²) in [7, 11) is 4.23. The number of rotatable bonds is 1. The Morgan fingerprint density at radius 2 is 1.92 bits per heavy atom. The van der Waals surface area contributed by atoms with E-state index in [1.807, 2.05) is 0 Å². The summed E-state index contributed by atoms with van der Waals surface area (Å²) in [6, 6.07) is 8.49. The second-order valence-electron chi connectivity index (χ2n) is 7.92. The van der Waals surface area contributed by atoms with Crippen molar-refractivity contribution in [3.63, 3.8) is 0 Å². The number of hydrogen-bond acceptors (Lipinski definition) is 1. The first-order valence-electron chi connectivity index (χ1n) is 8.80. The molecule has 0 aliphatic heterocycles. The zero-order valence-corrected chi connectivity index (χ0v) is 15.2. The highest BCUT2D eigenvalue weighted by molar-refractivity contribution is 6.17. The molecule has 3 nitrogen and oxygen atoms in total. The molecule has 0 fully saturated rings. The maximum absolute atomic E-state index is 13.1. The van der Waals surface area contributed by atoms with Crippen molar-refractivity contribution in [2.75, 3.05) is 0 Å². The molecule has 0 amide bonds. The zero-order chi connectivity index (χ0) is 17.2. The van der Waals surface area contributed by atoms with Gasteiger partial charge in [-0.3, -0.25) is 4.79 Å². The molecule has 2 heterocycles. The van der Waals surface area contributed by atoms with Gasteiger partial charge in [0.2, 0.25) is 0 Å². The van der Waals surface area contributed by atoms with Gasteiger partial charge in [0, 0.05) is 37.2 Å². The molecule has 0 unspecified atom stereocenters. The Bertz CT molecular complexity index is 1010. The molecule has 24 heavy (non-hydrogen) atoms. The van der Waals surface area contributed by atoms with Crippen LogP contribution in [0.25, 0.3) is 21.8 Å². The van der Waals surface area contributed by atoms with Gasteiger partial charge in [-0.1, -0.05) is 39.0 Å². The van der Waals surface area contributed by atoms with Gasteiger partial charge in [-0.05, 0) is 11.5 Å². The van der Waals surface area contributed by atoms with Crippen LogP contribution in [0.15, 0.2) is 24.3 Å². The maximum Gasteiger partial charge on any atom is 0.194 e. The van der Waals surface area contributed by atoms with Crippen LogP contribution in [0, 0.1) is 5.41 Å². The van der Waals surface area contributed by atoms with Crippen LogP contribution in [0.5, 0.6) is 0 Å². The Hall–Kier alpha value is -2.16. The minimum absolute atomic E-state index is 0.0329. The summed E-state index contributed by atoms with van der Waals surface area (Å²) in [5.41, 5.74) is 5.83. The molecule has 0 bridgehead atoms. The fourth-order valence-corrected chi connectivity index (χ4v) is 4.57. The smallest absolute Gasteiger partial charge is 0.194 e. The molecule has 3 heteroatoms. The fraction of sp³-hybridized carbons (Fsp3) is 0.429. The molecule has 1 aromatic carbocycles. The van der Waals surface area contributed by atoms with Crippen LogP contribution in [0.1, 0.15) is 48.9 Å². The zero-order valence-electron chi connectivity index (χ0n) is 15.2. The second kappa shape index (κ2) is 4.92. The normalized spacial score (nSPS) is 16.8. The first kappa shape index (κ1) is 15.4. The molecule has 0 spiro atoms. The Morgan fingerprint density at radius 1 is 1.21 bits per heavy atom. The highest BCUT2D eigenvalue weighted by Gasteiger charge is 2.40. The largest absolute Gasteiger partial charge is 0.343 e. The van der Waals surface area contributed by atoms with Gasteiger partial charge >= 0.3 is 0 Å². The minimum atomic E-state index is 0.0329. The Kier molecular flexibility index (Phi) is 3.15. The van der Waals surface area contributed by atoms with Crippen molar-refractivity contribution in [2.45, 2.75) is 40.0 Å². The molecule has 0 saturated heterocycles. The third-order valence-electron chi connectivity index (χ3n) is 5.63. The van der Waals surface area contributed by atoms with Gasteiger partial charge < -0.3 is 4.57 Å². The summed E-state index contributed by atoms with van der Waals surface area (Å²) in [5.74, 6) is 0.287. The van der Waals surface area contributed by atoms with Gasteiger partial charge in [0.05, 0.1) is 10.9 Å². The number of hydrogen-bond donors (Lipinski definition) is 0. The van der Waals surface area contributed by atoms with E-state index in [-0.39, 0.29) is 11.2 Å². The van der Waals surface area contributed by atoms with E-state index >= 15 is 0 Å². The van der Waals surface area contributed by atoms with E-state index in [9.17, 15) is 4.79 Å². The molecule has 0 saturated carbocycles. The molecule has 4 rings (SSSR count). The van der Waals surface area contributed by atoms with Crippen molar-refractivity contribution in [3.8, 4) is 0 Å². The minimum Gasteiger partial charge on any atom is -0.343 e. The Morgan fingerprint density at radius 3 is 2.62 bits per heavy atom. The van der Waals surface area contributed by atoms with Crippen molar-refractivity contribution in [1.29, 1.82) is 0 Å². The van der Waals surface area contributed by atoms with Crippen molar-refractivity contribution in [1.82, 2.24) is 4.57 Å². The molecule has 1 aliphatic carbocycles. The highest BCUT2D eigenvalue weighted by Crippen LogP contribution is 2.39. The summed E-state index contributed by atoms with van der Waals surface area (Å²) in [6.07, 6.45) is 2.54. The monoisotopic (exact) mass is 321 g/mol. The van der Waals surface area contributed by atoms with Crippen molar-refractivity contribution < 1.29 is 9.36 Å². The van der Waals surface area contributed by atoms with E-state index in [2.05, 4.69) is 68.3 Å². The predicted octanol–water partition coefficient (Wildman–Crippen LogP) is 3.87. The first-order valence-corrected chi connectivity index (χ1v) is 8.80. The van der Waals surface area contributed by atoms with Crippen LogP contribution in [0.2, 0.25) is 0 Å². The molecular formula is C21H25N2O+. The van der Waals surface area contributed by atoms with Crippen LogP contribution in [-0.4, -0.2) is 10.4 Å². The van der Waals surface area contributed by atoms with E-state index in [1.165, 1.54) is 27.7 Å². The third-order valence-corrected chi connectivity index (χ3v) is 5.63. The summed E-state index contributed by atoms with van der Waals surface area (Å²) in [4.78, 5) is 13.1. The standard InChI is InChI=1S/C21H25N2O/c1-6-14-18-13-9-7-8-10-15(13)23(5)20(18)19-16(22(14)4)11-21(2,3)12-17(19)24/h7-10H,6,11-12H2,1-5H3/q+1. The number of benzene rings is 1. The van der Waals surface area contributed by atoms with Crippen molar-refractivity contribution in [3.05, 3.63) is 41.2 Å². The van der Waals surface area contributed by atoms with Gasteiger partial charge in [0.25, 0.3) is 0 Å². The van der Waals surface area contributed by atoms with Gasteiger partial charge in [-0.2, -0.15) is 0 Å². The topological polar surface area (TPSA) is 25.9 Å². The molecule has 2 aromatic heterocycles. The predicted molar refractivity (Wildman–Crippen MR) is 97.4 cm³/mol. The van der Waals surface area contributed by atoms with Crippen molar-refractivity contribution in [2.24, 2.45) is 19.5 Å². The van der Waals surface area contributed by atoms with E-state index in [4.69, 9.17) is 0 Å². The average molecular weight is 321 g/mol. The van der Waals surface area contributed by atoms with Crippen LogP contribution in [0.4, 0.5) is 0 Å². The first-order chi connectivity index (χ1) is 11.4. The molecule has 0 N–H and O–H groups in total. The van der Waals surface area contributed by atoms with E-state index < -0.39 is 0 Å². The maximum atomic E-state index is 13.1. The fourth-order valence-electron chi connectivity index (χ4n) is 4.57. The third kappa shape index (κ3) is 1.90. The van der Waals surface area contributed by atoms with Gasteiger partial charge in [0.15, 0.2) is 17.2 Å². The number of ketones is 1.